The van der Waals surface area contributed by atoms with Crippen molar-refractivity contribution in [2.24, 2.45) is 0 Å². The maximum Gasteiger partial charge on any atom is 0.244 e. The molecule has 0 N–H and O–H groups in total. The quantitative estimate of drug-likeness (QED) is 0.856. The van der Waals surface area contributed by atoms with Crippen LogP contribution in [0.25, 0.3) is 0 Å². The Bertz CT molecular complexity index is 727. The molecule has 3 nitrogen and oxygen atoms in total. The average Bonchev–Trinajstić information content (AvgIpc) is 3.06. The molecular formula is C17H19NO2S2. The number of nitrogens with zero attached hydrogens (tertiary/aromatic N) is 1. The molecule has 5 heteroatoms. The summed E-state index contributed by atoms with van der Waals surface area (Å²) < 4.78 is 27.5. The fraction of sp³-hybridized carbons (Fsp3) is 0.294. The van der Waals surface area contributed by atoms with E-state index in [9.17, 15) is 8.42 Å². The molecule has 0 aromatic heterocycles. The van der Waals surface area contributed by atoms with Crippen LogP contribution < -0.4 is 0 Å². The van der Waals surface area contributed by atoms with Crippen LogP contribution in [0.15, 0.2) is 59.5 Å². The molecule has 0 spiro atoms. The first-order valence-corrected chi connectivity index (χ1v) is 9.89. The summed E-state index contributed by atoms with van der Waals surface area (Å²) in [6.07, 6.45) is 0.909. The van der Waals surface area contributed by atoms with Crippen molar-refractivity contribution in [3.05, 3.63) is 65.7 Å². The third-order valence-electron chi connectivity index (χ3n) is 3.87. The summed E-state index contributed by atoms with van der Waals surface area (Å²) in [6, 6.07) is 17.1. The van der Waals surface area contributed by atoms with E-state index in [0.717, 1.165) is 23.3 Å². The molecule has 1 saturated heterocycles. The van der Waals surface area contributed by atoms with Crippen LogP contribution in [0.4, 0.5) is 0 Å². The highest BCUT2D eigenvalue weighted by Gasteiger charge is 2.36. The van der Waals surface area contributed by atoms with Crippen LogP contribution >= 0.6 is 11.8 Å². The second kappa shape index (κ2) is 6.44. The molecule has 1 fully saturated rings. The van der Waals surface area contributed by atoms with Crippen molar-refractivity contribution >= 4 is 21.8 Å². The lowest BCUT2D eigenvalue weighted by Crippen LogP contribution is -2.30. The van der Waals surface area contributed by atoms with Crippen LogP contribution in [0.5, 0.6) is 0 Å². The molecule has 1 atom stereocenters. The number of aryl methyl sites for hydroxylation is 1. The zero-order valence-corrected chi connectivity index (χ0v) is 14.1. The molecule has 0 radical (unpaired) electrons. The van der Waals surface area contributed by atoms with Gasteiger partial charge in [0.1, 0.15) is 0 Å². The summed E-state index contributed by atoms with van der Waals surface area (Å²) in [6.45, 7) is 2.62. The van der Waals surface area contributed by atoms with Gasteiger partial charge in [-0.3, -0.25) is 0 Å². The first-order valence-electron chi connectivity index (χ1n) is 7.40. The fourth-order valence-corrected chi connectivity index (χ4v) is 5.85. The molecule has 1 aliphatic heterocycles. The molecule has 22 heavy (non-hydrogen) atoms. The van der Waals surface area contributed by atoms with Gasteiger partial charge in [0.25, 0.3) is 0 Å². The first kappa shape index (κ1) is 15.6. The van der Waals surface area contributed by atoms with Crippen molar-refractivity contribution in [3.63, 3.8) is 0 Å². The van der Waals surface area contributed by atoms with Gasteiger partial charge in [-0.2, -0.15) is 4.31 Å². The van der Waals surface area contributed by atoms with E-state index in [1.807, 2.05) is 42.5 Å². The summed E-state index contributed by atoms with van der Waals surface area (Å²) in [5.41, 5.74) is 2.19. The third kappa shape index (κ3) is 2.93. The predicted molar refractivity (Wildman–Crippen MR) is 91.4 cm³/mol. The van der Waals surface area contributed by atoms with Crippen LogP contribution in [-0.4, -0.2) is 25.0 Å². The molecule has 2 aromatic rings. The molecule has 0 amide bonds. The van der Waals surface area contributed by atoms with Crippen molar-refractivity contribution in [3.8, 4) is 0 Å². The van der Waals surface area contributed by atoms with Crippen LogP contribution in [0, 0.1) is 0 Å². The lowest BCUT2D eigenvalue weighted by molar-refractivity contribution is 0.434. The normalized spacial score (nSPS) is 19.4. The average molecular weight is 333 g/mol. The molecular weight excluding hydrogens is 314 g/mol. The predicted octanol–water partition coefficient (Wildman–Crippen LogP) is 3.69. The van der Waals surface area contributed by atoms with Crippen molar-refractivity contribution < 1.29 is 8.42 Å². The number of thioether (sulfide) groups is 1. The zero-order chi connectivity index (χ0) is 15.6. The minimum atomic E-state index is -3.45. The standard InChI is InChI=1S/C17H19NO2S2/c1-2-14-8-10-16(11-9-14)22(19,20)18-12-13-21-17(18)15-6-4-3-5-7-15/h3-11,17H,2,12-13H2,1H3/t17-/m1/s1. The molecule has 116 valence electrons. The van der Waals surface area contributed by atoms with Gasteiger partial charge in [-0.15, -0.1) is 11.8 Å². The third-order valence-corrected chi connectivity index (χ3v) is 7.14. The maximum absolute atomic E-state index is 12.9. The number of sulfonamides is 1. The Kier molecular flexibility index (Phi) is 4.57. The Labute approximate surface area is 136 Å². The molecule has 3 rings (SSSR count). The zero-order valence-electron chi connectivity index (χ0n) is 12.5. The summed E-state index contributed by atoms with van der Waals surface area (Å²) in [5.74, 6) is 0.825. The molecule has 2 aromatic carbocycles. The van der Waals surface area contributed by atoms with E-state index in [1.54, 1.807) is 28.2 Å². The SMILES string of the molecule is CCc1ccc(S(=O)(=O)N2CCS[C@@H]2c2ccccc2)cc1. The van der Waals surface area contributed by atoms with Gasteiger partial charge in [-0.05, 0) is 29.7 Å². The van der Waals surface area contributed by atoms with E-state index >= 15 is 0 Å². The summed E-state index contributed by atoms with van der Waals surface area (Å²) in [4.78, 5) is 0.383. The summed E-state index contributed by atoms with van der Waals surface area (Å²) in [7, 11) is -3.45. The highest BCUT2D eigenvalue weighted by Crippen LogP contribution is 2.41. The van der Waals surface area contributed by atoms with Crippen LogP contribution in [0.2, 0.25) is 0 Å². The Hall–Kier alpha value is -1.30. The van der Waals surface area contributed by atoms with E-state index in [1.165, 1.54) is 0 Å². The van der Waals surface area contributed by atoms with Gasteiger partial charge in [-0.25, -0.2) is 8.42 Å². The van der Waals surface area contributed by atoms with Crippen LogP contribution in [0.1, 0.15) is 23.4 Å². The molecule has 0 bridgehead atoms. The minimum Gasteiger partial charge on any atom is -0.207 e. The lowest BCUT2D eigenvalue weighted by Gasteiger charge is -2.23. The molecule has 0 unspecified atom stereocenters. The monoisotopic (exact) mass is 333 g/mol. The number of hydrogen-bond acceptors (Lipinski definition) is 3. The first-order chi connectivity index (χ1) is 10.6. The van der Waals surface area contributed by atoms with Gasteiger partial charge in [-0.1, -0.05) is 49.4 Å². The largest absolute Gasteiger partial charge is 0.244 e. The fourth-order valence-electron chi connectivity index (χ4n) is 2.61. The van der Waals surface area contributed by atoms with Crippen LogP contribution in [0.3, 0.4) is 0 Å². The molecule has 0 aliphatic carbocycles. The molecule has 1 heterocycles. The molecule has 0 saturated carbocycles. The topological polar surface area (TPSA) is 37.4 Å². The molecule has 1 aliphatic rings. The Morgan fingerprint density at radius 3 is 2.41 bits per heavy atom. The summed E-state index contributed by atoms with van der Waals surface area (Å²) >= 11 is 1.68. The van der Waals surface area contributed by atoms with Gasteiger partial charge in [0, 0.05) is 12.3 Å². The van der Waals surface area contributed by atoms with E-state index in [-0.39, 0.29) is 5.37 Å². The van der Waals surface area contributed by atoms with Crippen LogP contribution in [-0.2, 0) is 16.4 Å². The number of rotatable bonds is 4. The van der Waals surface area contributed by atoms with Crippen molar-refractivity contribution in [1.29, 1.82) is 0 Å². The minimum absolute atomic E-state index is 0.128. The number of benzene rings is 2. The summed E-state index contributed by atoms with van der Waals surface area (Å²) in [5, 5.41) is -0.128. The van der Waals surface area contributed by atoms with E-state index in [4.69, 9.17) is 0 Å². The second-order valence-corrected chi connectivity index (χ2v) is 8.33. The lowest BCUT2D eigenvalue weighted by atomic mass is 10.2. The second-order valence-electron chi connectivity index (χ2n) is 5.25. The van der Waals surface area contributed by atoms with Crippen molar-refractivity contribution in [1.82, 2.24) is 4.31 Å². The van der Waals surface area contributed by atoms with Gasteiger partial charge in [0.05, 0.1) is 10.3 Å². The van der Waals surface area contributed by atoms with Gasteiger partial charge >= 0.3 is 0 Å². The Morgan fingerprint density at radius 2 is 1.77 bits per heavy atom. The smallest absolute Gasteiger partial charge is 0.207 e. The van der Waals surface area contributed by atoms with Gasteiger partial charge in [0.15, 0.2) is 0 Å². The Balaban J connectivity index is 1.93. The van der Waals surface area contributed by atoms with Gasteiger partial charge in [0.2, 0.25) is 10.0 Å². The highest BCUT2D eigenvalue weighted by molar-refractivity contribution is 8.01. The van der Waals surface area contributed by atoms with E-state index < -0.39 is 10.0 Å². The van der Waals surface area contributed by atoms with Gasteiger partial charge < -0.3 is 0 Å². The van der Waals surface area contributed by atoms with E-state index in [0.29, 0.717) is 11.4 Å². The highest BCUT2D eigenvalue weighted by atomic mass is 32.2. The van der Waals surface area contributed by atoms with Crippen molar-refractivity contribution in [2.45, 2.75) is 23.6 Å². The Morgan fingerprint density at radius 1 is 1.09 bits per heavy atom. The van der Waals surface area contributed by atoms with Crippen molar-refractivity contribution in [2.75, 3.05) is 12.3 Å². The maximum atomic E-state index is 12.9. The van der Waals surface area contributed by atoms with E-state index in [2.05, 4.69) is 6.92 Å². The number of hydrogen-bond donors (Lipinski definition) is 0.